The van der Waals surface area contributed by atoms with Crippen molar-refractivity contribution in [3.05, 3.63) is 35.1 Å². The van der Waals surface area contributed by atoms with Crippen molar-refractivity contribution in [1.29, 1.82) is 0 Å². The Labute approximate surface area is 48.2 Å². The first-order chi connectivity index (χ1) is 3.85. The molecule has 0 aliphatic rings. The molecule has 0 rings (SSSR count). The lowest BCUT2D eigenvalue weighted by molar-refractivity contribution is 1.36. The number of hydrogen-bond donors (Lipinski definition) is 0. The van der Waals surface area contributed by atoms with Gasteiger partial charge >= 0.3 is 0 Å². The Bertz CT molecular complexity index is 152. The fourth-order valence-electron chi connectivity index (χ4n) is 0.267. The summed E-state index contributed by atoms with van der Waals surface area (Å²) >= 11 is 0. The van der Waals surface area contributed by atoms with E-state index in [4.69, 9.17) is 0 Å². The molecular formula is C6H7NO. The summed E-state index contributed by atoms with van der Waals surface area (Å²) < 4.78 is 0. The normalized spacial score (nSPS) is 9.88. The van der Waals surface area contributed by atoms with Gasteiger partial charge < -0.3 is 0 Å². The van der Waals surface area contributed by atoms with Crippen LogP contribution in [-0.4, -0.2) is 0 Å². The van der Waals surface area contributed by atoms with E-state index in [-0.39, 0.29) is 0 Å². The fourth-order valence-corrected chi connectivity index (χ4v) is 0.267. The summed E-state index contributed by atoms with van der Waals surface area (Å²) in [5.74, 6) is 0. The van der Waals surface area contributed by atoms with E-state index in [1.54, 1.807) is 13.0 Å². The number of nitroso groups, excluding NO2 is 1. The van der Waals surface area contributed by atoms with E-state index in [9.17, 15) is 4.91 Å². The molecule has 8 heavy (non-hydrogen) atoms. The maximum Gasteiger partial charge on any atom is 0.111 e. The maximum atomic E-state index is 9.71. The largest absolute Gasteiger partial charge is 0.145 e. The minimum Gasteiger partial charge on any atom is -0.145 e. The molecule has 0 radical (unpaired) electrons. The summed E-state index contributed by atoms with van der Waals surface area (Å²) in [5, 5.41) is 2.65. The van der Waals surface area contributed by atoms with Gasteiger partial charge in [0, 0.05) is 6.08 Å². The average molecular weight is 109 g/mol. The Morgan fingerprint density at radius 3 is 2.62 bits per heavy atom. The lowest BCUT2D eigenvalue weighted by atomic mass is 10.4. The molecule has 2 nitrogen and oxygen atoms in total. The summed E-state index contributed by atoms with van der Waals surface area (Å²) in [7, 11) is 0. The van der Waals surface area contributed by atoms with E-state index in [1.165, 1.54) is 6.08 Å². The quantitative estimate of drug-likeness (QED) is 0.303. The molecule has 0 aromatic heterocycles. The predicted molar refractivity (Wildman–Crippen MR) is 33.3 cm³/mol. The molecule has 0 aromatic rings. The van der Waals surface area contributed by atoms with Gasteiger partial charge in [-0.1, -0.05) is 12.7 Å². The van der Waals surface area contributed by atoms with Gasteiger partial charge in [-0.2, -0.15) is 0 Å². The molecule has 0 saturated heterocycles. The number of nitrogens with zero attached hydrogens (tertiary/aromatic N) is 1. The Morgan fingerprint density at radius 1 is 1.88 bits per heavy atom. The Kier molecular flexibility index (Phi) is 3.46. The van der Waals surface area contributed by atoms with Crippen molar-refractivity contribution in [3.8, 4) is 0 Å². The SMILES string of the molecule is C=C=C/C(=C/C)N=O. The Hall–Kier alpha value is -1.14. The predicted octanol–water partition coefficient (Wildman–Crippen LogP) is 2.00. The molecule has 0 saturated carbocycles. The maximum absolute atomic E-state index is 9.71. The van der Waals surface area contributed by atoms with Crippen molar-refractivity contribution in [2.75, 3.05) is 0 Å². The lowest BCUT2D eigenvalue weighted by Crippen LogP contribution is -1.62. The van der Waals surface area contributed by atoms with Crippen LogP contribution >= 0.6 is 0 Å². The highest BCUT2D eigenvalue weighted by Crippen LogP contribution is 1.94. The smallest absolute Gasteiger partial charge is 0.111 e. The van der Waals surface area contributed by atoms with Crippen LogP contribution in [0.2, 0.25) is 0 Å². The molecule has 2 heteroatoms. The van der Waals surface area contributed by atoms with Crippen molar-refractivity contribution in [3.63, 3.8) is 0 Å². The van der Waals surface area contributed by atoms with Crippen LogP contribution in [0.1, 0.15) is 6.92 Å². The van der Waals surface area contributed by atoms with Crippen LogP contribution in [-0.2, 0) is 0 Å². The van der Waals surface area contributed by atoms with E-state index >= 15 is 0 Å². The highest BCUT2D eigenvalue weighted by Gasteiger charge is 1.80. The summed E-state index contributed by atoms with van der Waals surface area (Å²) in [5.41, 5.74) is 2.79. The minimum absolute atomic E-state index is 0.361. The summed E-state index contributed by atoms with van der Waals surface area (Å²) in [6.45, 7) is 5.00. The first-order valence-corrected chi connectivity index (χ1v) is 2.20. The number of rotatable bonds is 2. The van der Waals surface area contributed by atoms with E-state index in [1.807, 2.05) is 0 Å². The second-order valence-electron chi connectivity index (χ2n) is 1.15. The molecule has 0 fully saturated rings. The van der Waals surface area contributed by atoms with Crippen LogP contribution in [0, 0.1) is 4.91 Å². The molecule has 0 amide bonds. The van der Waals surface area contributed by atoms with Gasteiger partial charge in [0.05, 0.1) is 0 Å². The van der Waals surface area contributed by atoms with Gasteiger partial charge in [0.15, 0.2) is 0 Å². The monoisotopic (exact) mass is 109 g/mol. The zero-order valence-corrected chi connectivity index (χ0v) is 4.72. The van der Waals surface area contributed by atoms with Crippen molar-refractivity contribution in [1.82, 2.24) is 0 Å². The van der Waals surface area contributed by atoms with Crippen LogP contribution in [0.15, 0.2) is 35.3 Å². The van der Waals surface area contributed by atoms with Crippen LogP contribution in [0.25, 0.3) is 0 Å². The molecule has 0 aromatic carbocycles. The number of hydrogen-bond acceptors (Lipinski definition) is 2. The zero-order valence-electron chi connectivity index (χ0n) is 4.72. The number of allylic oxidation sites excluding steroid dienone is 2. The highest BCUT2D eigenvalue weighted by atomic mass is 16.3. The molecular weight excluding hydrogens is 102 g/mol. The average Bonchev–Trinajstić information content (AvgIpc) is 1.83. The molecule has 0 spiro atoms. The first kappa shape index (κ1) is 6.86. The van der Waals surface area contributed by atoms with Gasteiger partial charge in [0.2, 0.25) is 0 Å². The molecule has 0 N–H and O–H groups in total. The molecule has 0 aliphatic heterocycles. The van der Waals surface area contributed by atoms with Crippen LogP contribution in [0.3, 0.4) is 0 Å². The zero-order chi connectivity index (χ0) is 6.41. The minimum atomic E-state index is 0.361. The summed E-state index contributed by atoms with van der Waals surface area (Å²) in [6.07, 6.45) is 3.01. The molecule has 0 unspecified atom stereocenters. The van der Waals surface area contributed by atoms with Crippen molar-refractivity contribution in [2.24, 2.45) is 5.18 Å². The third-order valence-electron chi connectivity index (χ3n) is 0.651. The van der Waals surface area contributed by atoms with Gasteiger partial charge in [-0.05, 0) is 12.1 Å². The topological polar surface area (TPSA) is 29.4 Å². The van der Waals surface area contributed by atoms with Gasteiger partial charge in [-0.25, -0.2) is 0 Å². The molecule has 0 atom stereocenters. The summed E-state index contributed by atoms with van der Waals surface area (Å²) in [4.78, 5) is 9.71. The lowest BCUT2D eigenvalue weighted by Gasteiger charge is -1.76. The van der Waals surface area contributed by atoms with E-state index in [2.05, 4.69) is 17.5 Å². The van der Waals surface area contributed by atoms with E-state index in [0.717, 1.165) is 0 Å². The van der Waals surface area contributed by atoms with Gasteiger partial charge in [0.1, 0.15) is 5.70 Å². The van der Waals surface area contributed by atoms with Crippen LogP contribution < -0.4 is 0 Å². The summed E-state index contributed by atoms with van der Waals surface area (Å²) in [6, 6.07) is 0. The second kappa shape index (κ2) is 4.03. The van der Waals surface area contributed by atoms with Gasteiger partial charge in [-0.3, -0.25) is 0 Å². The van der Waals surface area contributed by atoms with Gasteiger partial charge in [0.25, 0.3) is 0 Å². The first-order valence-electron chi connectivity index (χ1n) is 2.20. The van der Waals surface area contributed by atoms with Crippen molar-refractivity contribution >= 4 is 0 Å². The second-order valence-corrected chi connectivity index (χ2v) is 1.15. The fraction of sp³-hybridized carbons (Fsp3) is 0.167. The molecule has 42 valence electrons. The third-order valence-corrected chi connectivity index (χ3v) is 0.651. The Morgan fingerprint density at radius 2 is 2.50 bits per heavy atom. The molecule has 0 aliphatic carbocycles. The highest BCUT2D eigenvalue weighted by molar-refractivity contribution is 5.14. The van der Waals surface area contributed by atoms with E-state index in [0.29, 0.717) is 5.70 Å². The van der Waals surface area contributed by atoms with Crippen molar-refractivity contribution < 1.29 is 0 Å². The third kappa shape index (κ3) is 2.11. The van der Waals surface area contributed by atoms with Crippen molar-refractivity contribution in [2.45, 2.75) is 6.92 Å². The van der Waals surface area contributed by atoms with Crippen LogP contribution in [0.5, 0.6) is 0 Å². The van der Waals surface area contributed by atoms with E-state index < -0.39 is 0 Å². The standard InChI is InChI=1S/C6H7NO/c1-3-5-6(4-2)7-8/h4-5H,1H2,2H3/b6-4-. The Balaban J connectivity index is 4.12. The molecule has 0 bridgehead atoms. The van der Waals surface area contributed by atoms with Gasteiger partial charge in [-0.15, -0.1) is 10.6 Å². The molecule has 0 heterocycles. The van der Waals surface area contributed by atoms with Crippen LogP contribution in [0.4, 0.5) is 0 Å².